The lowest BCUT2D eigenvalue weighted by Gasteiger charge is -2.36. The molecule has 2 fully saturated rings. The molecule has 9 nitrogen and oxygen atoms in total. The van der Waals surface area contributed by atoms with Gasteiger partial charge in [0.25, 0.3) is 0 Å². The molecular formula is C21H28N4O5. The van der Waals surface area contributed by atoms with E-state index in [1.807, 2.05) is 34.6 Å². The molecule has 3 aliphatic heterocycles. The van der Waals surface area contributed by atoms with Gasteiger partial charge in [-0.2, -0.15) is 0 Å². The number of hydrogen-bond acceptors (Lipinski definition) is 6. The molecule has 1 aromatic rings. The van der Waals surface area contributed by atoms with E-state index in [0.717, 1.165) is 0 Å². The summed E-state index contributed by atoms with van der Waals surface area (Å²) in [5, 5.41) is 9.48. The van der Waals surface area contributed by atoms with Crippen LogP contribution in [0.2, 0.25) is 0 Å². The largest absolute Gasteiger partial charge is 0.360 e. The van der Waals surface area contributed by atoms with E-state index in [1.165, 1.54) is 0 Å². The summed E-state index contributed by atoms with van der Waals surface area (Å²) >= 11 is 0. The van der Waals surface area contributed by atoms with Gasteiger partial charge in [0.1, 0.15) is 17.4 Å². The quantitative estimate of drug-likeness (QED) is 0.717. The first-order valence-corrected chi connectivity index (χ1v) is 10.2. The van der Waals surface area contributed by atoms with Gasteiger partial charge in [0.2, 0.25) is 17.7 Å². The van der Waals surface area contributed by atoms with Crippen LogP contribution in [0.3, 0.4) is 0 Å². The highest BCUT2D eigenvalue weighted by atomic mass is 16.5. The normalized spacial score (nSPS) is 32.1. The maximum absolute atomic E-state index is 13.5. The van der Waals surface area contributed by atoms with Crippen LogP contribution in [0.15, 0.2) is 22.7 Å². The van der Waals surface area contributed by atoms with Gasteiger partial charge in [-0.25, -0.2) is 0 Å². The molecule has 0 aliphatic carbocycles. The number of anilines is 1. The van der Waals surface area contributed by atoms with Gasteiger partial charge in [-0.3, -0.25) is 14.4 Å². The third-order valence-corrected chi connectivity index (χ3v) is 5.80. The number of carbonyl (C=O) groups excluding carboxylic acids is 3. The first-order valence-electron chi connectivity index (χ1n) is 10.2. The molecule has 2 bridgehead atoms. The van der Waals surface area contributed by atoms with Gasteiger partial charge in [-0.15, -0.1) is 0 Å². The number of rotatable bonds is 4. The number of carbonyl (C=O) groups is 3. The second-order valence-electron chi connectivity index (χ2n) is 9.59. The Kier molecular flexibility index (Phi) is 4.57. The third-order valence-electron chi connectivity index (χ3n) is 5.80. The van der Waals surface area contributed by atoms with E-state index in [-0.39, 0.29) is 29.6 Å². The number of ether oxygens (including phenoxy) is 1. The highest BCUT2D eigenvalue weighted by Gasteiger charge is 2.73. The molecule has 0 saturated carbocycles. The monoisotopic (exact) mass is 416 g/mol. The van der Waals surface area contributed by atoms with Crippen molar-refractivity contribution in [2.45, 2.75) is 70.9 Å². The first-order chi connectivity index (χ1) is 13.9. The zero-order chi connectivity index (χ0) is 22.0. The summed E-state index contributed by atoms with van der Waals surface area (Å²) in [6.07, 6.45) is 2.99. The smallest absolute Gasteiger partial charge is 0.246 e. The molecule has 5 atom stereocenters. The van der Waals surface area contributed by atoms with E-state index in [1.54, 1.807) is 30.0 Å². The van der Waals surface area contributed by atoms with Gasteiger partial charge < -0.3 is 24.8 Å². The molecule has 3 amide bonds. The fourth-order valence-corrected chi connectivity index (χ4v) is 4.83. The Morgan fingerprint density at radius 2 is 1.97 bits per heavy atom. The maximum Gasteiger partial charge on any atom is 0.246 e. The summed E-state index contributed by atoms with van der Waals surface area (Å²) in [6.45, 7) is 11.1. The number of aromatic nitrogens is 1. The Labute approximate surface area is 175 Å². The molecule has 1 spiro atoms. The maximum atomic E-state index is 13.5. The number of fused-ring (bicyclic) bond motifs is 1. The average Bonchev–Trinajstić information content (AvgIpc) is 3.33. The summed E-state index contributed by atoms with van der Waals surface area (Å²) < 4.78 is 11.2. The van der Waals surface area contributed by atoms with Crippen LogP contribution >= 0.6 is 0 Å². The van der Waals surface area contributed by atoms with Crippen LogP contribution in [-0.4, -0.2) is 57.1 Å². The molecule has 1 aromatic heterocycles. The van der Waals surface area contributed by atoms with Crippen molar-refractivity contribution in [1.29, 1.82) is 0 Å². The minimum Gasteiger partial charge on any atom is -0.360 e. The molecule has 0 radical (unpaired) electrons. The van der Waals surface area contributed by atoms with Crippen LogP contribution < -0.4 is 10.6 Å². The highest BCUT2D eigenvalue weighted by molar-refractivity contribution is 6.02. The second-order valence-corrected chi connectivity index (χ2v) is 9.59. The lowest BCUT2D eigenvalue weighted by Crippen LogP contribution is -2.59. The minimum atomic E-state index is -1.16. The van der Waals surface area contributed by atoms with E-state index < -0.39 is 35.1 Å². The Bertz CT molecular complexity index is 930. The third kappa shape index (κ3) is 3.03. The van der Waals surface area contributed by atoms with Crippen molar-refractivity contribution in [3.8, 4) is 0 Å². The molecule has 2 N–H and O–H groups in total. The van der Waals surface area contributed by atoms with Crippen LogP contribution in [-0.2, 0) is 19.1 Å². The van der Waals surface area contributed by atoms with Gasteiger partial charge in [-0.1, -0.05) is 17.3 Å². The van der Waals surface area contributed by atoms with Crippen LogP contribution in [0.5, 0.6) is 0 Å². The summed E-state index contributed by atoms with van der Waals surface area (Å²) in [5.41, 5.74) is -1.64. The molecule has 2 saturated heterocycles. The topological polar surface area (TPSA) is 114 Å². The molecule has 9 heteroatoms. The summed E-state index contributed by atoms with van der Waals surface area (Å²) in [4.78, 5) is 41.4. The fourth-order valence-electron chi connectivity index (χ4n) is 4.83. The van der Waals surface area contributed by atoms with Crippen molar-refractivity contribution in [2.75, 3.05) is 5.32 Å². The van der Waals surface area contributed by atoms with E-state index in [2.05, 4.69) is 15.8 Å². The van der Waals surface area contributed by atoms with Gasteiger partial charge in [0.15, 0.2) is 5.82 Å². The molecule has 4 rings (SSSR count). The number of hydrogen-bond donors (Lipinski definition) is 2. The summed E-state index contributed by atoms with van der Waals surface area (Å²) in [5.74, 6) is -1.60. The summed E-state index contributed by atoms with van der Waals surface area (Å²) in [6, 6.07) is 0.530. The van der Waals surface area contributed by atoms with Crippen molar-refractivity contribution in [2.24, 2.45) is 11.8 Å². The van der Waals surface area contributed by atoms with Gasteiger partial charge >= 0.3 is 0 Å². The molecule has 30 heavy (non-hydrogen) atoms. The second kappa shape index (κ2) is 6.66. The molecule has 0 unspecified atom stereocenters. The molecular weight excluding hydrogens is 388 g/mol. The Morgan fingerprint density at radius 3 is 2.53 bits per heavy atom. The van der Waals surface area contributed by atoms with Crippen LogP contribution in [0.4, 0.5) is 5.82 Å². The van der Waals surface area contributed by atoms with Crippen molar-refractivity contribution in [3.63, 3.8) is 0 Å². The molecule has 3 aliphatic rings. The number of nitrogens with one attached hydrogen (secondary N) is 2. The van der Waals surface area contributed by atoms with Gasteiger partial charge in [0.05, 0.1) is 17.9 Å². The molecule has 0 aromatic carbocycles. The first kappa shape index (κ1) is 20.6. The summed E-state index contributed by atoms with van der Waals surface area (Å²) in [7, 11) is 0. The number of aryl methyl sites for hydroxylation is 1. The number of amides is 3. The number of likely N-dealkylation sites (tertiary alicyclic amines) is 1. The number of nitrogens with zero attached hydrogens (tertiary/aromatic N) is 2. The average molecular weight is 416 g/mol. The van der Waals surface area contributed by atoms with Crippen LogP contribution in [0, 0.1) is 18.8 Å². The van der Waals surface area contributed by atoms with E-state index in [0.29, 0.717) is 5.76 Å². The molecule has 162 valence electrons. The van der Waals surface area contributed by atoms with Crippen molar-refractivity contribution < 1.29 is 23.6 Å². The zero-order valence-corrected chi connectivity index (χ0v) is 18.1. The Hall–Kier alpha value is -2.68. The van der Waals surface area contributed by atoms with Gasteiger partial charge in [-0.05, 0) is 41.5 Å². The van der Waals surface area contributed by atoms with E-state index >= 15 is 0 Å². The van der Waals surface area contributed by atoms with Crippen molar-refractivity contribution in [3.05, 3.63) is 24.0 Å². The van der Waals surface area contributed by atoms with Crippen molar-refractivity contribution >= 4 is 23.5 Å². The van der Waals surface area contributed by atoms with E-state index in [9.17, 15) is 14.4 Å². The zero-order valence-electron chi connectivity index (χ0n) is 18.1. The highest BCUT2D eigenvalue weighted by Crippen LogP contribution is 2.55. The van der Waals surface area contributed by atoms with Crippen LogP contribution in [0.25, 0.3) is 0 Å². The Balaban J connectivity index is 1.69. The van der Waals surface area contributed by atoms with Gasteiger partial charge in [0, 0.05) is 17.6 Å². The standard InChI is InChI=1S/C21H28N4O5/c1-10(2)25-16(18(27)23-20(4,5)6)21-8-7-12(29-21)14(15(21)19(25)28)17(26)22-13-9-11(3)30-24-13/h7-10,12,14-16H,1-6H3,(H,23,27)(H,22,24,26)/t12-,14-,15-,16+,21-/m1/s1. The minimum absolute atomic E-state index is 0.230. The Morgan fingerprint density at radius 1 is 1.27 bits per heavy atom. The predicted octanol–water partition coefficient (Wildman–Crippen LogP) is 1.40. The SMILES string of the molecule is Cc1cc(NC(=O)[C@@H]2[C@H]3C=C[C@]4(O3)[C@H](C(=O)NC(C)(C)C)N(C(C)C)C(=O)[C@@H]24)no1. The lowest BCUT2D eigenvalue weighted by molar-refractivity contribution is -0.143. The molecule has 4 heterocycles. The van der Waals surface area contributed by atoms with Crippen LogP contribution in [0.1, 0.15) is 40.4 Å². The van der Waals surface area contributed by atoms with E-state index in [4.69, 9.17) is 9.26 Å². The lowest BCUT2D eigenvalue weighted by atomic mass is 9.74. The predicted molar refractivity (Wildman–Crippen MR) is 107 cm³/mol. The fraction of sp³-hybridized carbons (Fsp3) is 0.619. The van der Waals surface area contributed by atoms with Crippen molar-refractivity contribution in [1.82, 2.24) is 15.4 Å².